The van der Waals surface area contributed by atoms with Gasteiger partial charge in [-0.3, -0.25) is 38.5 Å². The van der Waals surface area contributed by atoms with Gasteiger partial charge in [0.2, 0.25) is 29.5 Å². The van der Waals surface area contributed by atoms with E-state index in [1.165, 1.54) is 0 Å². The summed E-state index contributed by atoms with van der Waals surface area (Å²) in [6.07, 6.45) is 5.38. The normalized spacial score (nSPS) is 14.8. The van der Waals surface area contributed by atoms with Crippen molar-refractivity contribution < 1.29 is 90.5 Å². The molecule has 3 heterocycles. The predicted octanol–water partition coefficient (Wildman–Crippen LogP) is 6.23. The molecular weight excluding hydrogens is 1530 g/mol. The Balaban J connectivity index is 0.736. The summed E-state index contributed by atoms with van der Waals surface area (Å²) in [5.41, 5.74) is 19.6. The molecule has 2 fully saturated rings. The average molecular weight is 1650 g/mol. The number of benzene rings is 5. The Morgan fingerprint density at radius 1 is 0.622 bits per heavy atom. The average Bonchev–Trinajstić information content (AvgIpc) is 1.68. The Bertz CT molecular complexity index is 4300. The minimum atomic E-state index is -1.46. The van der Waals surface area contributed by atoms with Gasteiger partial charge in [0.15, 0.2) is 6.61 Å². The van der Waals surface area contributed by atoms with Gasteiger partial charge in [0.25, 0.3) is 5.91 Å². The van der Waals surface area contributed by atoms with Gasteiger partial charge >= 0.3 is 6.03 Å². The lowest BCUT2D eigenvalue weighted by Crippen LogP contribution is -2.70. The standard InChI is InChI=1S/C88H120N12O19/c1-6-7-12-31-91-75-54-69(89)52-67-29-33-99(83(67)75)57-68-20-19-63(51-78(68)110-5)56-98-59-88(60-98)61-100(34-36-119-88)81(104)58-118-71-25-23-70(24-26-71)94-84(105)74(18-13-32-92-87(90)108)96-86(107)82(62(2)3)97-85(106)76(95-80(103)28-27-77(101)73-53-66-16-9-8-14-64(66)21-22-65-15-10-11-17-72(65)73)55-93-79(102)30-35-111-39-40-113-43-44-115-47-48-117-50-49-116-46-45-114-42-41-112-38-37-109-4/h8-11,14-17,19-20,23-26,29,33,51-52,54,62,73-74,76,82,91H,6-7,12-13,18,27-28,30-32,34-50,53,55-61,89H2,1-5H3,(H,93,102)(H,94,105)(H,95,103)(H,96,107)(H,97,106)(H3,90,92,108)/t73?,74-,76-,82-/m0/s1. The summed E-state index contributed by atoms with van der Waals surface area (Å²) in [5, 5.41) is 20.9. The molecule has 1 unspecified atom stereocenters. The number of urea groups is 1. The first kappa shape index (κ1) is 92.6. The SMILES string of the molecule is CCCCCNc1cc(N)cc2ccn(Cc3ccc(CN4CC5(C4)CN(C(=O)COc4ccc(NC(=O)[C@H](CCCNC(N)=O)NC(=O)[C@@H](NC(=O)[C@H](CNC(=O)CCOCCOCCOCCOCCOCCOCCOCCOC)NC(=O)CCC(=O)C6Cc7ccccc7C#Cc7ccccc76)C(C)C)cc4)CCO5)cc3OC)c12. The van der Waals surface area contributed by atoms with Gasteiger partial charge in [-0.05, 0) is 109 Å². The number of nitrogens with two attached hydrogens (primary N) is 2. The highest BCUT2D eigenvalue weighted by atomic mass is 16.6. The van der Waals surface area contributed by atoms with Crippen molar-refractivity contribution in [3.8, 4) is 23.3 Å². The van der Waals surface area contributed by atoms with E-state index in [0.717, 1.165) is 76.0 Å². The molecule has 5 aromatic carbocycles. The maximum absolute atomic E-state index is 14.5. The highest BCUT2D eigenvalue weighted by Gasteiger charge is 2.48. The van der Waals surface area contributed by atoms with Crippen LogP contribution in [-0.4, -0.2) is 258 Å². The molecule has 8 amide bonds. The number of anilines is 3. The van der Waals surface area contributed by atoms with Crippen LogP contribution in [-0.2, 0) is 95.7 Å². The molecule has 31 heteroatoms. The third kappa shape index (κ3) is 30.8. The first-order chi connectivity index (χ1) is 57.8. The second-order valence-corrected chi connectivity index (χ2v) is 29.9. The topological polar surface area (TPSA) is 386 Å². The van der Waals surface area contributed by atoms with Gasteiger partial charge in [-0.25, -0.2) is 4.79 Å². The molecule has 0 bridgehead atoms. The highest BCUT2D eigenvalue weighted by Crippen LogP contribution is 2.35. The lowest BCUT2D eigenvalue weighted by molar-refractivity contribution is -0.191. The number of aromatic nitrogens is 1. The maximum atomic E-state index is 14.5. The summed E-state index contributed by atoms with van der Waals surface area (Å²) in [4.78, 5) is 114. The van der Waals surface area contributed by atoms with Crippen molar-refractivity contribution in [2.45, 2.75) is 121 Å². The van der Waals surface area contributed by atoms with E-state index in [9.17, 15) is 38.4 Å². The van der Waals surface area contributed by atoms with E-state index >= 15 is 0 Å². The van der Waals surface area contributed by atoms with Crippen molar-refractivity contribution in [1.29, 1.82) is 0 Å². The number of morpholine rings is 1. The van der Waals surface area contributed by atoms with Crippen LogP contribution in [0.25, 0.3) is 10.9 Å². The zero-order chi connectivity index (χ0) is 84.6. The number of likely N-dealkylation sites (tertiary alicyclic amines) is 1. The number of unbranched alkanes of at least 4 members (excludes halogenated alkanes) is 2. The molecule has 4 atom stereocenters. The largest absolute Gasteiger partial charge is 0.496 e. The summed E-state index contributed by atoms with van der Waals surface area (Å²) in [7, 11) is 3.31. The third-order valence-corrected chi connectivity index (χ3v) is 20.4. The third-order valence-electron chi connectivity index (χ3n) is 20.4. The fourth-order valence-electron chi connectivity index (χ4n) is 14.2. The molecule has 3 aliphatic rings. The second-order valence-electron chi connectivity index (χ2n) is 29.9. The number of Topliss-reactive ketones (excluding diaryl/α,β-unsaturated/α-hetero) is 1. The molecule has 1 aromatic heterocycles. The van der Waals surface area contributed by atoms with Crippen LogP contribution >= 0.6 is 0 Å². The first-order valence-electron chi connectivity index (χ1n) is 41.2. The lowest BCUT2D eigenvalue weighted by Gasteiger charge is -2.54. The number of ketones is 1. The van der Waals surface area contributed by atoms with E-state index in [1.54, 1.807) is 57.2 Å². The van der Waals surface area contributed by atoms with Crippen molar-refractivity contribution in [3.63, 3.8) is 0 Å². The minimum Gasteiger partial charge on any atom is -0.496 e. The van der Waals surface area contributed by atoms with Crippen LogP contribution in [0, 0.1) is 17.8 Å². The first-order valence-corrected chi connectivity index (χ1v) is 41.2. The molecule has 1 spiro atoms. The number of ether oxygens (including phenoxy) is 11. The van der Waals surface area contributed by atoms with E-state index in [1.807, 2.05) is 60.7 Å². The number of nitrogen functional groups attached to an aromatic ring is 1. The fraction of sp³-hybridized carbons (Fsp3) is 0.523. The van der Waals surface area contributed by atoms with Crippen molar-refractivity contribution in [1.82, 2.24) is 41.0 Å². The molecule has 0 radical (unpaired) electrons. The van der Waals surface area contributed by atoms with Crippen LogP contribution < -0.4 is 58.2 Å². The summed E-state index contributed by atoms with van der Waals surface area (Å²) < 4.78 is 64.1. The molecule has 0 saturated carbocycles. The van der Waals surface area contributed by atoms with Crippen molar-refractivity contribution >= 4 is 75.2 Å². The summed E-state index contributed by atoms with van der Waals surface area (Å²) in [6, 6.07) is 29.0. The Hall–Kier alpha value is -10.2. The molecular formula is C88H120N12O19. The van der Waals surface area contributed by atoms with Crippen molar-refractivity contribution in [3.05, 3.63) is 149 Å². The van der Waals surface area contributed by atoms with E-state index in [0.29, 0.717) is 154 Å². The smallest absolute Gasteiger partial charge is 0.312 e. The van der Waals surface area contributed by atoms with Gasteiger partial charge in [-0.1, -0.05) is 94.0 Å². The number of carbonyl (C=O) groups is 8. The zero-order valence-electron chi connectivity index (χ0n) is 69.4. The molecule has 119 heavy (non-hydrogen) atoms. The molecule has 2 aliphatic heterocycles. The van der Waals surface area contributed by atoms with Gasteiger partial charge in [-0.15, -0.1) is 0 Å². The second kappa shape index (κ2) is 50.0. The van der Waals surface area contributed by atoms with E-state index in [2.05, 4.69) is 95.9 Å². The van der Waals surface area contributed by atoms with Crippen LogP contribution in [0.2, 0.25) is 0 Å². The molecule has 1 aliphatic carbocycles. The number of hydrogen-bond acceptors (Lipinski definition) is 22. The van der Waals surface area contributed by atoms with Crippen LogP contribution in [0.5, 0.6) is 11.5 Å². The van der Waals surface area contributed by atoms with E-state index < -0.39 is 77.7 Å². The van der Waals surface area contributed by atoms with Crippen LogP contribution in [0.4, 0.5) is 21.9 Å². The number of primary amides is 1. The summed E-state index contributed by atoms with van der Waals surface area (Å²) in [6.45, 7) is 15.1. The number of rotatable bonds is 55. The monoisotopic (exact) mass is 1650 g/mol. The Labute approximate surface area is 697 Å². The molecule has 31 nitrogen and oxygen atoms in total. The molecule has 11 N–H and O–H groups in total. The Kier molecular flexibility index (Phi) is 38.9. The van der Waals surface area contributed by atoms with Gasteiger partial charge < -0.3 is 110 Å². The number of methoxy groups -OCH3 is 2. The van der Waals surface area contributed by atoms with Crippen molar-refractivity contribution in [2.75, 3.05) is 189 Å². The number of nitrogens with one attached hydrogen (secondary N) is 7. The lowest BCUT2D eigenvalue weighted by atomic mass is 9.82. The number of fused-ring (bicyclic) bond motifs is 3. The van der Waals surface area contributed by atoms with Gasteiger partial charge in [-0.2, -0.15) is 0 Å². The fourth-order valence-corrected chi connectivity index (χ4v) is 14.2. The highest BCUT2D eigenvalue weighted by molar-refractivity contribution is 6.00. The van der Waals surface area contributed by atoms with Gasteiger partial charge in [0.05, 0.1) is 137 Å². The Morgan fingerprint density at radius 2 is 1.28 bits per heavy atom. The van der Waals surface area contributed by atoms with Gasteiger partial charge in [0, 0.05) is 118 Å². The molecule has 646 valence electrons. The number of nitrogens with zero attached hydrogens (tertiary/aromatic N) is 3. The van der Waals surface area contributed by atoms with Crippen LogP contribution in [0.3, 0.4) is 0 Å². The minimum absolute atomic E-state index is 0.000398. The van der Waals surface area contributed by atoms with Crippen molar-refractivity contribution in [2.24, 2.45) is 11.7 Å². The quantitative estimate of drug-likeness (QED) is 0.0116. The summed E-state index contributed by atoms with van der Waals surface area (Å²) in [5.74, 6) is 2.51. The molecule has 6 aromatic rings. The molecule has 2 saturated heterocycles. The van der Waals surface area contributed by atoms with E-state index in [4.69, 9.17) is 63.6 Å². The van der Waals surface area contributed by atoms with E-state index in [-0.39, 0.29) is 76.8 Å². The van der Waals surface area contributed by atoms with Crippen LogP contribution in [0.1, 0.15) is 111 Å². The summed E-state index contributed by atoms with van der Waals surface area (Å²) >= 11 is 0. The zero-order valence-corrected chi connectivity index (χ0v) is 69.4. The Morgan fingerprint density at radius 3 is 1.94 bits per heavy atom. The number of hydrogen-bond donors (Lipinski definition) is 9. The van der Waals surface area contributed by atoms with Gasteiger partial charge in [0.1, 0.15) is 41.0 Å². The molecule has 9 rings (SSSR count). The number of carbonyl (C=O) groups excluding carboxylic acids is 8. The maximum Gasteiger partial charge on any atom is 0.312 e. The predicted molar refractivity (Wildman–Crippen MR) is 450 cm³/mol. The van der Waals surface area contributed by atoms with Crippen LogP contribution in [0.15, 0.2) is 115 Å². The number of amides is 8.